The molecule has 0 radical (unpaired) electrons. The van der Waals surface area contributed by atoms with Crippen molar-refractivity contribution >= 4 is 11.3 Å². The summed E-state index contributed by atoms with van der Waals surface area (Å²) in [6.45, 7) is 6.88. The van der Waals surface area contributed by atoms with E-state index in [1.54, 1.807) is 11.3 Å². The van der Waals surface area contributed by atoms with Gasteiger partial charge in [0.2, 0.25) is 0 Å². The Labute approximate surface area is 109 Å². The Morgan fingerprint density at radius 1 is 1.41 bits per heavy atom. The summed E-state index contributed by atoms with van der Waals surface area (Å²) in [4.78, 5) is 0. The van der Waals surface area contributed by atoms with Gasteiger partial charge in [0, 0.05) is 0 Å². The van der Waals surface area contributed by atoms with Crippen LogP contribution in [-0.4, -0.2) is 11.2 Å². The van der Waals surface area contributed by atoms with Crippen LogP contribution in [0.3, 0.4) is 0 Å². The lowest BCUT2D eigenvalue weighted by atomic mass is 9.65. The summed E-state index contributed by atoms with van der Waals surface area (Å²) in [7, 11) is 0. The van der Waals surface area contributed by atoms with E-state index in [4.69, 9.17) is 0 Å². The molecule has 1 heterocycles. The molecule has 2 heteroatoms. The van der Waals surface area contributed by atoms with Crippen molar-refractivity contribution in [3.63, 3.8) is 0 Å². The van der Waals surface area contributed by atoms with Gasteiger partial charge in [-0.25, -0.2) is 0 Å². The molecule has 2 rings (SSSR count). The molecule has 1 aliphatic rings. The number of aliphatic hydroxyl groups excluding tert-OH is 1. The summed E-state index contributed by atoms with van der Waals surface area (Å²) in [5, 5.41) is 14.7. The molecule has 0 aromatic carbocycles. The first-order valence-electron chi connectivity index (χ1n) is 6.68. The van der Waals surface area contributed by atoms with Crippen LogP contribution in [0.5, 0.6) is 0 Å². The molecule has 0 aliphatic heterocycles. The Morgan fingerprint density at radius 2 is 2.18 bits per heavy atom. The molecule has 1 aromatic rings. The van der Waals surface area contributed by atoms with E-state index in [0.717, 1.165) is 12.8 Å². The monoisotopic (exact) mass is 252 g/mol. The standard InChI is InChI=1S/C15H24OS/c1-11-4-5-13(14(16)8-11)15(2,3)9-12-6-7-17-10-12/h6-7,10-11,13-14,16H,4-5,8-9H2,1-3H3. The predicted octanol–water partition coefficient (Wildman–Crippen LogP) is 4.11. The summed E-state index contributed by atoms with van der Waals surface area (Å²) in [5.41, 5.74) is 1.63. The number of hydrogen-bond donors (Lipinski definition) is 1. The van der Waals surface area contributed by atoms with Crippen molar-refractivity contribution in [2.45, 2.75) is 52.6 Å². The normalized spacial score (nSPS) is 30.5. The smallest absolute Gasteiger partial charge is 0.0576 e. The highest BCUT2D eigenvalue weighted by Gasteiger charge is 2.38. The number of hydrogen-bond acceptors (Lipinski definition) is 2. The van der Waals surface area contributed by atoms with Crippen molar-refractivity contribution in [2.24, 2.45) is 17.3 Å². The second-order valence-electron chi connectivity index (χ2n) is 6.39. The lowest BCUT2D eigenvalue weighted by Gasteiger charge is -2.42. The topological polar surface area (TPSA) is 20.2 Å². The first kappa shape index (κ1) is 13.1. The van der Waals surface area contributed by atoms with E-state index in [-0.39, 0.29) is 11.5 Å². The van der Waals surface area contributed by atoms with Crippen LogP contribution >= 0.6 is 11.3 Å². The third-order valence-corrected chi connectivity index (χ3v) is 5.05. The molecule has 3 unspecified atom stereocenters. The van der Waals surface area contributed by atoms with Gasteiger partial charge in [-0.2, -0.15) is 11.3 Å². The fraction of sp³-hybridized carbons (Fsp3) is 0.733. The molecule has 0 bridgehead atoms. The molecule has 96 valence electrons. The fourth-order valence-corrected chi connectivity index (χ4v) is 3.98. The first-order valence-corrected chi connectivity index (χ1v) is 7.62. The molecule has 0 amide bonds. The Balaban J connectivity index is 2.04. The third-order valence-electron chi connectivity index (χ3n) is 4.32. The van der Waals surface area contributed by atoms with Crippen molar-refractivity contribution in [3.05, 3.63) is 22.4 Å². The number of rotatable bonds is 3. The minimum atomic E-state index is -0.104. The molecule has 1 N–H and O–H groups in total. The molecule has 17 heavy (non-hydrogen) atoms. The lowest BCUT2D eigenvalue weighted by molar-refractivity contribution is -0.0125. The average Bonchev–Trinajstić information content (AvgIpc) is 2.68. The van der Waals surface area contributed by atoms with Crippen LogP contribution in [0.1, 0.15) is 45.6 Å². The maximum absolute atomic E-state index is 10.3. The summed E-state index contributed by atoms with van der Waals surface area (Å²) >= 11 is 1.77. The van der Waals surface area contributed by atoms with Gasteiger partial charge in [-0.3, -0.25) is 0 Å². The van der Waals surface area contributed by atoms with Gasteiger partial charge in [0.1, 0.15) is 0 Å². The molecule has 0 saturated heterocycles. The zero-order chi connectivity index (χ0) is 12.5. The molecule has 1 nitrogen and oxygen atoms in total. The molecular weight excluding hydrogens is 228 g/mol. The van der Waals surface area contributed by atoms with Crippen molar-refractivity contribution in [1.82, 2.24) is 0 Å². The fourth-order valence-electron chi connectivity index (χ4n) is 3.31. The van der Waals surface area contributed by atoms with Crippen molar-refractivity contribution < 1.29 is 5.11 Å². The summed E-state index contributed by atoms with van der Waals surface area (Å²) in [6, 6.07) is 2.21. The Bertz CT molecular complexity index is 342. The summed E-state index contributed by atoms with van der Waals surface area (Å²) < 4.78 is 0. The van der Waals surface area contributed by atoms with Crippen LogP contribution in [0.2, 0.25) is 0 Å². The van der Waals surface area contributed by atoms with Crippen molar-refractivity contribution in [2.75, 3.05) is 0 Å². The first-order chi connectivity index (χ1) is 7.99. The van der Waals surface area contributed by atoms with Gasteiger partial charge in [-0.05, 0) is 58.9 Å². The molecular formula is C15H24OS. The quantitative estimate of drug-likeness (QED) is 0.858. The van der Waals surface area contributed by atoms with Gasteiger partial charge in [0.05, 0.1) is 6.10 Å². The SMILES string of the molecule is CC1CCC(C(C)(C)Cc2ccsc2)C(O)C1. The maximum Gasteiger partial charge on any atom is 0.0576 e. The number of thiophene rings is 1. The average molecular weight is 252 g/mol. The van der Waals surface area contributed by atoms with Crippen LogP contribution in [0.15, 0.2) is 16.8 Å². The van der Waals surface area contributed by atoms with Crippen molar-refractivity contribution in [1.29, 1.82) is 0 Å². The van der Waals surface area contributed by atoms with Gasteiger partial charge in [0.15, 0.2) is 0 Å². The van der Waals surface area contributed by atoms with Gasteiger partial charge in [-0.1, -0.05) is 27.2 Å². The minimum absolute atomic E-state index is 0.104. The van der Waals surface area contributed by atoms with Crippen LogP contribution < -0.4 is 0 Å². The van der Waals surface area contributed by atoms with E-state index in [9.17, 15) is 5.11 Å². The molecule has 3 atom stereocenters. The zero-order valence-electron chi connectivity index (χ0n) is 11.1. The van der Waals surface area contributed by atoms with Crippen LogP contribution in [0.25, 0.3) is 0 Å². The Kier molecular flexibility index (Phi) is 3.94. The molecule has 1 aromatic heterocycles. The van der Waals surface area contributed by atoms with Crippen LogP contribution in [0, 0.1) is 17.3 Å². The van der Waals surface area contributed by atoms with Gasteiger partial charge in [-0.15, -0.1) is 0 Å². The van der Waals surface area contributed by atoms with E-state index >= 15 is 0 Å². The second-order valence-corrected chi connectivity index (χ2v) is 7.17. The van der Waals surface area contributed by atoms with Crippen molar-refractivity contribution in [3.8, 4) is 0 Å². The highest BCUT2D eigenvalue weighted by Crippen LogP contribution is 2.42. The lowest BCUT2D eigenvalue weighted by Crippen LogP contribution is -2.39. The molecule has 0 spiro atoms. The molecule has 1 aliphatic carbocycles. The second kappa shape index (κ2) is 5.11. The van der Waals surface area contributed by atoms with E-state index in [1.165, 1.54) is 18.4 Å². The summed E-state index contributed by atoms with van der Waals surface area (Å²) in [5.74, 6) is 1.15. The van der Waals surface area contributed by atoms with Crippen LogP contribution in [0.4, 0.5) is 0 Å². The molecule has 1 saturated carbocycles. The van der Waals surface area contributed by atoms with E-state index in [2.05, 4.69) is 37.6 Å². The van der Waals surface area contributed by atoms with Gasteiger partial charge in [0.25, 0.3) is 0 Å². The molecule has 1 fully saturated rings. The minimum Gasteiger partial charge on any atom is -0.393 e. The van der Waals surface area contributed by atoms with Crippen LogP contribution in [-0.2, 0) is 6.42 Å². The highest BCUT2D eigenvalue weighted by atomic mass is 32.1. The van der Waals surface area contributed by atoms with Gasteiger partial charge < -0.3 is 5.11 Å². The summed E-state index contributed by atoms with van der Waals surface area (Å²) in [6.07, 6.45) is 4.42. The predicted molar refractivity (Wildman–Crippen MR) is 74.3 cm³/mol. The van der Waals surface area contributed by atoms with E-state index in [0.29, 0.717) is 11.8 Å². The maximum atomic E-state index is 10.3. The van der Waals surface area contributed by atoms with E-state index in [1.807, 2.05) is 0 Å². The zero-order valence-corrected chi connectivity index (χ0v) is 12.0. The Morgan fingerprint density at radius 3 is 2.76 bits per heavy atom. The van der Waals surface area contributed by atoms with Gasteiger partial charge >= 0.3 is 0 Å². The largest absolute Gasteiger partial charge is 0.393 e. The Hall–Kier alpha value is -0.340. The third kappa shape index (κ3) is 3.11. The van der Waals surface area contributed by atoms with E-state index < -0.39 is 0 Å². The highest BCUT2D eigenvalue weighted by molar-refractivity contribution is 7.07. The number of aliphatic hydroxyl groups is 1.